The second-order valence-electron chi connectivity index (χ2n) is 10.1. The minimum Gasteiger partial charge on any atom is -0.395 e. The Kier molecular flexibility index (Phi) is 7.39. The number of aryl methyl sites for hydroxylation is 1. The van der Waals surface area contributed by atoms with Gasteiger partial charge in [-0.05, 0) is 55.1 Å². The minimum atomic E-state index is -4.78. The number of aliphatic hydroxyl groups is 1. The maximum Gasteiger partial charge on any atom is 0.417 e. The van der Waals surface area contributed by atoms with Crippen LogP contribution in [0.15, 0.2) is 77.7 Å². The lowest BCUT2D eigenvalue weighted by atomic mass is 9.74. The highest BCUT2D eigenvalue weighted by Gasteiger charge is 2.50. The van der Waals surface area contributed by atoms with Gasteiger partial charge >= 0.3 is 6.18 Å². The van der Waals surface area contributed by atoms with E-state index in [0.717, 1.165) is 34.4 Å². The Labute approximate surface area is 221 Å². The number of rotatable bonds is 5. The molecular formula is C29H31F3N2O3S. The standard InChI is InChI=1S/C29H31F3N2O3S/c1-20-7-6-8-23(17-20)21-11-13-22(14-12-21)28-25-18-33(15-4-5-16-34(25)26(28)19-35)38(36,37)27-10-3-2-9-24(27)29(30,31)32/h2-3,6-14,17,25-26,28,35H,4-5,15-16,18-19H2,1H3/t25?,26-,28+/m1/s1. The van der Waals surface area contributed by atoms with E-state index in [1.807, 2.05) is 49.4 Å². The van der Waals surface area contributed by atoms with Gasteiger partial charge in [0.15, 0.2) is 0 Å². The van der Waals surface area contributed by atoms with Crippen molar-refractivity contribution in [2.45, 2.75) is 48.8 Å². The molecule has 0 aromatic heterocycles. The highest BCUT2D eigenvalue weighted by atomic mass is 32.2. The Morgan fingerprint density at radius 3 is 2.32 bits per heavy atom. The summed E-state index contributed by atoms with van der Waals surface area (Å²) in [7, 11) is -4.39. The monoisotopic (exact) mass is 544 g/mol. The van der Waals surface area contributed by atoms with E-state index in [9.17, 15) is 26.7 Å². The van der Waals surface area contributed by atoms with E-state index in [1.165, 1.54) is 16.4 Å². The van der Waals surface area contributed by atoms with Gasteiger partial charge in [0.05, 0.1) is 17.1 Å². The lowest BCUT2D eigenvalue weighted by Crippen LogP contribution is -2.67. The summed E-state index contributed by atoms with van der Waals surface area (Å²) in [4.78, 5) is 1.40. The van der Waals surface area contributed by atoms with Crippen molar-refractivity contribution in [3.05, 3.63) is 89.5 Å². The first kappa shape index (κ1) is 26.9. The summed E-state index contributed by atoms with van der Waals surface area (Å²) in [5, 5.41) is 10.2. The van der Waals surface area contributed by atoms with Gasteiger partial charge in [-0.15, -0.1) is 0 Å². The highest BCUT2D eigenvalue weighted by molar-refractivity contribution is 7.89. The topological polar surface area (TPSA) is 60.9 Å². The van der Waals surface area contributed by atoms with E-state index in [0.29, 0.717) is 19.4 Å². The van der Waals surface area contributed by atoms with Crippen LogP contribution in [-0.4, -0.2) is 61.1 Å². The fourth-order valence-corrected chi connectivity index (χ4v) is 7.62. The van der Waals surface area contributed by atoms with E-state index in [2.05, 4.69) is 11.0 Å². The van der Waals surface area contributed by atoms with Crippen LogP contribution in [-0.2, 0) is 16.2 Å². The summed E-state index contributed by atoms with van der Waals surface area (Å²) in [6.07, 6.45) is -3.55. The third kappa shape index (κ3) is 5.00. The summed E-state index contributed by atoms with van der Waals surface area (Å²) in [6, 6.07) is 20.2. The van der Waals surface area contributed by atoms with Crippen molar-refractivity contribution in [3.63, 3.8) is 0 Å². The lowest BCUT2D eigenvalue weighted by Gasteiger charge is -2.57. The molecule has 1 N–H and O–H groups in total. The summed E-state index contributed by atoms with van der Waals surface area (Å²) < 4.78 is 69.4. The van der Waals surface area contributed by atoms with E-state index in [1.54, 1.807) is 0 Å². The molecule has 2 fully saturated rings. The number of nitrogens with zero attached hydrogens (tertiary/aromatic N) is 2. The predicted octanol–water partition coefficient (Wildman–Crippen LogP) is 5.29. The van der Waals surface area contributed by atoms with E-state index in [-0.39, 0.29) is 37.7 Å². The smallest absolute Gasteiger partial charge is 0.395 e. The number of hydrogen-bond donors (Lipinski definition) is 1. The van der Waals surface area contributed by atoms with Crippen molar-refractivity contribution in [2.24, 2.45) is 0 Å². The number of fused-ring (bicyclic) bond motifs is 1. The Balaban J connectivity index is 1.45. The summed E-state index contributed by atoms with van der Waals surface area (Å²) >= 11 is 0. The third-order valence-electron chi connectivity index (χ3n) is 7.79. The molecule has 3 aromatic carbocycles. The minimum absolute atomic E-state index is 0.0648. The molecular weight excluding hydrogens is 513 g/mol. The average Bonchev–Trinajstić information content (AvgIpc) is 2.87. The molecule has 2 aliphatic rings. The van der Waals surface area contributed by atoms with Crippen LogP contribution in [0, 0.1) is 6.92 Å². The Morgan fingerprint density at radius 2 is 1.63 bits per heavy atom. The number of hydrogen-bond acceptors (Lipinski definition) is 4. The van der Waals surface area contributed by atoms with Gasteiger partial charge in [-0.25, -0.2) is 8.42 Å². The SMILES string of the molecule is Cc1cccc(-c2ccc([C@H]3C4CN(S(=O)(=O)c5ccccc5C(F)(F)F)CCCCN4[C@@H]3CO)cc2)c1. The van der Waals surface area contributed by atoms with E-state index < -0.39 is 26.7 Å². The molecule has 3 aromatic rings. The Morgan fingerprint density at radius 1 is 0.921 bits per heavy atom. The van der Waals surface area contributed by atoms with Crippen LogP contribution in [0.4, 0.5) is 13.2 Å². The second-order valence-corrected chi connectivity index (χ2v) is 12.0. The number of alkyl halides is 3. The van der Waals surface area contributed by atoms with Crippen molar-refractivity contribution >= 4 is 10.0 Å². The molecule has 0 spiro atoms. The van der Waals surface area contributed by atoms with Crippen LogP contribution in [0.3, 0.4) is 0 Å². The van der Waals surface area contributed by atoms with Gasteiger partial charge in [0.25, 0.3) is 0 Å². The van der Waals surface area contributed by atoms with Crippen LogP contribution >= 0.6 is 0 Å². The lowest BCUT2D eigenvalue weighted by molar-refractivity contribution is -0.139. The van der Waals surface area contributed by atoms with Crippen molar-refractivity contribution < 1.29 is 26.7 Å². The van der Waals surface area contributed by atoms with Crippen LogP contribution in [0.25, 0.3) is 11.1 Å². The maximum absolute atomic E-state index is 13.7. The molecule has 0 radical (unpaired) electrons. The van der Waals surface area contributed by atoms with Crippen molar-refractivity contribution in [1.29, 1.82) is 0 Å². The van der Waals surface area contributed by atoms with E-state index >= 15 is 0 Å². The zero-order chi connectivity index (χ0) is 27.1. The quantitative estimate of drug-likeness (QED) is 0.474. The Hall–Kier alpha value is -2.72. The summed E-state index contributed by atoms with van der Waals surface area (Å²) in [5.41, 5.74) is 3.14. The molecule has 0 bridgehead atoms. The molecule has 5 rings (SSSR count). The molecule has 5 nitrogen and oxygen atoms in total. The molecule has 2 aliphatic heterocycles. The van der Waals surface area contributed by atoms with Gasteiger partial charge < -0.3 is 5.11 Å². The largest absolute Gasteiger partial charge is 0.417 e. The fourth-order valence-electron chi connectivity index (χ4n) is 5.91. The van der Waals surface area contributed by atoms with Gasteiger partial charge in [-0.3, -0.25) is 4.90 Å². The normalized spacial score (nSPS) is 23.2. The first-order chi connectivity index (χ1) is 18.1. The van der Waals surface area contributed by atoms with Crippen LogP contribution in [0.5, 0.6) is 0 Å². The zero-order valence-electron chi connectivity index (χ0n) is 21.1. The number of aliphatic hydroxyl groups excluding tert-OH is 1. The highest BCUT2D eigenvalue weighted by Crippen LogP contribution is 2.43. The molecule has 38 heavy (non-hydrogen) atoms. The van der Waals surface area contributed by atoms with Gasteiger partial charge in [-0.2, -0.15) is 17.5 Å². The third-order valence-corrected chi connectivity index (χ3v) is 9.71. The van der Waals surface area contributed by atoms with Crippen molar-refractivity contribution in [3.8, 4) is 11.1 Å². The second kappa shape index (κ2) is 10.4. The predicted molar refractivity (Wildman–Crippen MR) is 140 cm³/mol. The summed E-state index contributed by atoms with van der Waals surface area (Å²) in [6.45, 7) is 2.89. The van der Waals surface area contributed by atoms with Crippen LogP contribution in [0.1, 0.15) is 35.4 Å². The first-order valence-electron chi connectivity index (χ1n) is 12.8. The molecule has 2 heterocycles. The van der Waals surface area contributed by atoms with Crippen LogP contribution < -0.4 is 0 Å². The number of sulfonamides is 1. The fraction of sp³-hybridized carbons (Fsp3) is 0.379. The summed E-state index contributed by atoms with van der Waals surface area (Å²) in [5.74, 6) is -0.139. The first-order valence-corrected chi connectivity index (χ1v) is 14.3. The van der Waals surface area contributed by atoms with Gasteiger partial charge in [0.1, 0.15) is 0 Å². The molecule has 3 atom stereocenters. The average molecular weight is 545 g/mol. The molecule has 202 valence electrons. The molecule has 0 aliphatic carbocycles. The molecule has 0 saturated carbocycles. The Bertz CT molecular complexity index is 1390. The molecule has 0 amide bonds. The number of halogens is 3. The molecule has 2 saturated heterocycles. The van der Waals surface area contributed by atoms with Crippen LogP contribution in [0.2, 0.25) is 0 Å². The zero-order valence-corrected chi connectivity index (χ0v) is 21.9. The van der Waals surface area contributed by atoms with Gasteiger partial charge in [0, 0.05) is 31.1 Å². The number of benzene rings is 3. The maximum atomic E-state index is 13.7. The van der Waals surface area contributed by atoms with Crippen molar-refractivity contribution in [1.82, 2.24) is 9.21 Å². The van der Waals surface area contributed by atoms with E-state index in [4.69, 9.17) is 0 Å². The van der Waals surface area contributed by atoms with Gasteiger partial charge in [0.2, 0.25) is 10.0 Å². The van der Waals surface area contributed by atoms with Gasteiger partial charge in [-0.1, -0.05) is 66.2 Å². The molecule has 1 unspecified atom stereocenters. The van der Waals surface area contributed by atoms with Crippen molar-refractivity contribution in [2.75, 3.05) is 26.2 Å². The molecule has 9 heteroatoms.